The van der Waals surface area contributed by atoms with Gasteiger partial charge in [-0.1, -0.05) is 13.3 Å². The van der Waals surface area contributed by atoms with Gasteiger partial charge in [-0.25, -0.2) is 4.98 Å². The zero-order chi connectivity index (χ0) is 19.7. The lowest BCUT2D eigenvalue weighted by Gasteiger charge is -2.33. The standard InChI is InChI=1S/C18H30F3N5S/c1-3-5-10-26-11-7-14(8-12-26)24-17(22-4-2)23-9-6-16-25-15(13-27-16)18(19,20)21/h13-14H,3-12H2,1-2H3,(H2,22,23,24). The van der Waals surface area contributed by atoms with E-state index in [4.69, 9.17) is 0 Å². The van der Waals surface area contributed by atoms with Gasteiger partial charge in [0.15, 0.2) is 11.7 Å². The van der Waals surface area contributed by atoms with Gasteiger partial charge in [-0.05, 0) is 32.7 Å². The van der Waals surface area contributed by atoms with Crippen LogP contribution in [0.15, 0.2) is 10.4 Å². The molecule has 1 aromatic rings. The molecule has 2 rings (SSSR count). The molecule has 1 aromatic heterocycles. The lowest BCUT2D eigenvalue weighted by molar-refractivity contribution is -0.140. The fourth-order valence-electron chi connectivity index (χ4n) is 3.02. The Morgan fingerprint density at radius 1 is 1.33 bits per heavy atom. The molecule has 0 unspecified atom stereocenters. The number of nitrogens with zero attached hydrogens (tertiary/aromatic N) is 3. The van der Waals surface area contributed by atoms with E-state index in [-0.39, 0.29) is 0 Å². The third-order valence-electron chi connectivity index (χ3n) is 4.54. The lowest BCUT2D eigenvalue weighted by Crippen LogP contribution is -2.48. The molecular weight excluding hydrogens is 375 g/mol. The maximum Gasteiger partial charge on any atom is 0.434 e. The summed E-state index contributed by atoms with van der Waals surface area (Å²) in [7, 11) is 0. The van der Waals surface area contributed by atoms with Crippen molar-refractivity contribution in [3.63, 3.8) is 0 Å². The van der Waals surface area contributed by atoms with Crippen LogP contribution in [0, 0.1) is 0 Å². The summed E-state index contributed by atoms with van der Waals surface area (Å²) in [5, 5.41) is 8.21. The molecule has 2 heterocycles. The number of guanidine groups is 1. The minimum atomic E-state index is -4.37. The van der Waals surface area contributed by atoms with Crippen LogP contribution in [-0.2, 0) is 12.6 Å². The maximum absolute atomic E-state index is 12.6. The van der Waals surface area contributed by atoms with E-state index in [9.17, 15) is 13.2 Å². The number of aliphatic imine (C=N–C) groups is 1. The number of rotatable bonds is 8. The molecule has 1 aliphatic heterocycles. The summed E-state index contributed by atoms with van der Waals surface area (Å²) in [6.45, 7) is 8.73. The van der Waals surface area contributed by atoms with Crippen LogP contribution >= 0.6 is 11.3 Å². The van der Waals surface area contributed by atoms with Crippen molar-refractivity contribution in [1.29, 1.82) is 0 Å². The van der Waals surface area contributed by atoms with Gasteiger partial charge < -0.3 is 15.5 Å². The number of likely N-dealkylation sites (tertiary alicyclic amines) is 1. The first-order valence-electron chi connectivity index (χ1n) is 9.71. The minimum Gasteiger partial charge on any atom is -0.357 e. The average Bonchev–Trinajstić information content (AvgIpc) is 3.11. The third-order valence-corrected chi connectivity index (χ3v) is 5.45. The molecule has 1 saturated heterocycles. The van der Waals surface area contributed by atoms with E-state index in [1.807, 2.05) is 6.92 Å². The van der Waals surface area contributed by atoms with Crippen molar-refractivity contribution in [2.24, 2.45) is 4.99 Å². The summed E-state index contributed by atoms with van der Waals surface area (Å²) in [6, 6.07) is 0.386. The van der Waals surface area contributed by atoms with E-state index < -0.39 is 11.9 Å². The smallest absolute Gasteiger partial charge is 0.357 e. The van der Waals surface area contributed by atoms with Crippen molar-refractivity contribution < 1.29 is 13.2 Å². The highest BCUT2D eigenvalue weighted by molar-refractivity contribution is 7.09. The monoisotopic (exact) mass is 405 g/mol. The summed E-state index contributed by atoms with van der Waals surface area (Å²) in [5.74, 6) is 0.733. The first kappa shape index (κ1) is 21.9. The molecule has 1 aliphatic rings. The molecule has 27 heavy (non-hydrogen) atoms. The van der Waals surface area contributed by atoms with Crippen molar-refractivity contribution in [3.8, 4) is 0 Å². The number of hydrogen-bond donors (Lipinski definition) is 2. The Morgan fingerprint density at radius 3 is 2.67 bits per heavy atom. The number of hydrogen-bond acceptors (Lipinski definition) is 4. The zero-order valence-electron chi connectivity index (χ0n) is 16.1. The molecule has 0 atom stereocenters. The van der Waals surface area contributed by atoms with Crippen LogP contribution < -0.4 is 10.6 Å². The highest BCUT2D eigenvalue weighted by Gasteiger charge is 2.33. The number of alkyl halides is 3. The molecule has 0 amide bonds. The summed E-state index contributed by atoms with van der Waals surface area (Å²) in [6.07, 6.45) is 0.659. The van der Waals surface area contributed by atoms with Gasteiger partial charge in [-0.3, -0.25) is 4.99 Å². The van der Waals surface area contributed by atoms with Crippen molar-refractivity contribution in [2.75, 3.05) is 32.7 Å². The van der Waals surface area contributed by atoms with E-state index >= 15 is 0 Å². The van der Waals surface area contributed by atoms with Crippen LogP contribution in [0.3, 0.4) is 0 Å². The third kappa shape index (κ3) is 7.65. The molecule has 0 bridgehead atoms. The maximum atomic E-state index is 12.6. The topological polar surface area (TPSA) is 52.5 Å². The first-order chi connectivity index (χ1) is 12.9. The normalized spacial score (nSPS) is 17.3. The molecule has 1 fully saturated rings. The van der Waals surface area contributed by atoms with Crippen LogP contribution in [0.25, 0.3) is 0 Å². The van der Waals surface area contributed by atoms with E-state index in [1.54, 1.807) is 0 Å². The van der Waals surface area contributed by atoms with Crippen LogP contribution in [0.2, 0.25) is 0 Å². The fourth-order valence-corrected chi connectivity index (χ4v) is 3.81. The van der Waals surface area contributed by atoms with Crippen LogP contribution in [0.5, 0.6) is 0 Å². The summed E-state index contributed by atoms with van der Waals surface area (Å²) >= 11 is 1.04. The zero-order valence-corrected chi connectivity index (χ0v) is 16.9. The number of unbranched alkanes of at least 4 members (excludes halogenated alkanes) is 1. The van der Waals surface area contributed by atoms with Crippen molar-refractivity contribution in [3.05, 3.63) is 16.1 Å². The van der Waals surface area contributed by atoms with Gasteiger partial charge in [0, 0.05) is 44.0 Å². The largest absolute Gasteiger partial charge is 0.434 e. The molecule has 9 heteroatoms. The molecule has 5 nitrogen and oxygen atoms in total. The van der Waals surface area contributed by atoms with Crippen LogP contribution in [0.1, 0.15) is 50.2 Å². The Bertz CT molecular complexity index is 580. The van der Waals surface area contributed by atoms with Crippen molar-refractivity contribution in [1.82, 2.24) is 20.5 Å². The van der Waals surface area contributed by atoms with Crippen LogP contribution in [-0.4, -0.2) is 54.6 Å². The molecule has 0 saturated carbocycles. The molecular formula is C18H30F3N5S. The Morgan fingerprint density at radius 2 is 2.07 bits per heavy atom. The Labute approximate surface area is 163 Å². The molecule has 154 valence electrons. The number of halogens is 3. The number of piperidine rings is 1. The van der Waals surface area contributed by atoms with Crippen molar-refractivity contribution in [2.45, 2.75) is 58.2 Å². The summed E-state index contributed by atoms with van der Waals surface area (Å²) < 4.78 is 37.8. The van der Waals surface area contributed by atoms with E-state index in [1.165, 1.54) is 19.4 Å². The Hall–Kier alpha value is -1.35. The van der Waals surface area contributed by atoms with Gasteiger partial charge in [0.05, 0.1) is 5.01 Å². The highest BCUT2D eigenvalue weighted by atomic mass is 32.1. The van der Waals surface area contributed by atoms with Crippen molar-refractivity contribution >= 4 is 17.3 Å². The molecule has 2 N–H and O–H groups in total. The number of nitrogens with one attached hydrogen (secondary N) is 2. The average molecular weight is 406 g/mol. The van der Waals surface area contributed by atoms with Crippen LogP contribution in [0.4, 0.5) is 13.2 Å². The predicted molar refractivity (Wildman–Crippen MR) is 104 cm³/mol. The summed E-state index contributed by atoms with van der Waals surface area (Å²) in [5.41, 5.74) is -0.814. The second-order valence-corrected chi connectivity index (χ2v) is 7.69. The second kappa shape index (κ2) is 10.8. The fraction of sp³-hybridized carbons (Fsp3) is 0.778. The second-order valence-electron chi connectivity index (χ2n) is 6.75. The van der Waals surface area contributed by atoms with Gasteiger partial charge in [-0.2, -0.15) is 13.2 Å². The van der Waals surface area contributed by atoms with Gasteiger partial charge in [0.25, 0.3) is 0 Å². The number of aromatic nitrogens is 1. The van der Waals surface area contributed by atoms with Gasteiger partial charge in [0.1, 0.15) is 0 Å². The number of thiazole rings is 1. The van der Waals surface area contributed by atoms with E-state index in [0.717, 1.165) is 55.2 Å². The summed E-state index contributed by atoms with van der Waals surface area (Å²) in [4.78, 5) is 10.7. The molecule has 0 spiro atoms. The minimum absolute atomic E-state index is 0.386. The molecule has 0 aliphatic carbocycles. The molecule has 0 radical (unpaired) electrons. The SMILES string of the molecule is CCCCN1CCC(NC(=NCCc2nc(C(F)(F)F)cs2)NCC)CC1. The first-order valence-corrected chi connectivity index (χ1v) is 10.6. The quantitative estimate of drug-likeness (QED) is 0.513. The highest BCUT2D eigenvalue weighted by Crippen LogP contribution is 2.30. The van der Waals surface area contributed by atoms with E-state index in [2.05, 4.69) is 32.4 Å². The predicted octanol–water partition coefficient (Wildman–Crippen LogP) is 3.52. The van der Waals surface area contributed by atoms with Gasteiger partial charge in [-0.15, -0.1) is 11.3 Å². The van der Waals surface area contributed by atoms with Gasteiger partial charge >= 0.3 is 6.18 Å². The van der Waals surface area contributed by atoms with E-state index in [0.29, 0.717) is 24.0 Å². The van der Waals surface area contributed by atoms with Gasteiger partial charge in [0.2, 0.25) is 0 Å². The Kier molecular flexibility index (Phi) is 8.82. The molecule has 0 aromatic carbocycles. The lowest BCUT2D eigenvalue weighted by atomic mass is 10.0. The Balaban J connectivity index is 1.79.